The van der Waals surface area contributed by atoms with Gasteiger partial charge in [0.25, 0.3) is 0 Å². The van der Waals surface area contributed by atoms with Gasteiger partial charge in [0.05, 0.1) is 29.7 Å². The zero-order valence-corrected chi connectivity index (χ0v) is 17.8. The molecule has 1 fully saturated rings. The fourth-order valence-corrected chi connectivity index (χ4v) is 4.76. The van der Waals surface area contributed by atoms with Gasteiger partial charge in [-0.15, -0.1) is 11.8 Å². The van der Waals surface area contributed by atoms with Crippen molar-refractivity contribution in [3.05, 3.63) is 71.3 Å². The molecule has 1 saturated heterocycles. The van der Waals surface area contributed by atoms with Crippen molar-refractivity contribution < 1.29 is 14.3 Å². The van der Waals surface area contributed by atoms with Crippen LogP contribution >= 0.6 is 23.5 Å². The van der Waals surface area contributed by atoms with E-state index in [1.54, 1.807) is 23.6 Å². The van der Waals surface area contributed by atoms with Gasteiger partial charge in [0.1, 0.15) is 0 Å². The third kappa shape index (κ3) is 3.72. The van der Waals surface area contributed by atoms with Crippen molar-refractivity contribution in [2.75, 3.05) is 18.6 Å². The number of esters is 1. The molecule has 148 valence electrons. The molecule has 2 aliphatic heterocycles. The lowest BCUT2D eigenvalue weighted by molar-refractivity contribution is -0.139. The summed E-state index contributed by atoms with van der Waals surface area (Å²) in [6, 6.07) is 17.0. The number of thioether (sulfide) groups is 2. The highest BCUT2D eigenvalue weighted by atomic mass is 32.2. The molecule has 0 bridgehead atoms. The van der Waals surface area contributed by atoms with Crippen molar-refractivity contribution >= 4 is 46.3 Å². The van der Waals surface area contributed by atoms with E-state index in [2.05, 4.69) is 0 Å². The van der Waals surface area contributed by atoms with E-state index in [4.69, 9.17) is 9.73 Å². The summed E-state index contributed by atoms with van der Waals surface area (Å²) in [6.45, 7) is 2.03. The normalized spacial score (nSPS) is 18.6. The molecule has 0 saturated carbocycles. The molecule has 0 aromatic heterocycles. The quantitative estimate of drug-likeness (QED) is 0.527. The Morgan fingerprint density at radius 2 is 1.93 bits per heavy atom. The summed E-state index contributed by atoms with van der Waals surface area (Å²) >= 11 is 3.05. The number of benzene rings is 2. The molecule has 1 amide bonds. The maximum absolute atomic E-state index is 13.1. The molecule has 5 nitrogen and oxygen atoms in total. The molecule has 7 heteroatoms. The third-order valence-electron chi connectivity index (χ3n) is 4.77. The van der Waals surface area contributed by atoms with Gasteiger partial charge in [-0.3, -0.25) is 9.69 Å². The first-order valence-electron chi connectivity index (χ1n) is 9.28. The summed E-state index contributed by atoms with van der Waals surface area (Å²) in [4.78, 5) is 33.3. The molecule has 2 heterocycles. The van der Waals surface area contributed by atoms with Gasteiger partial charge in [0.2, 0.25) is 5.91 Å². The molecule has 2 aliphatic rings. The van der Waals surface area contributed by atoms with Crippen molar-refractivity contribution in [1.29, 1.82) is 0 Å². The van der Waals surface area contributed by atoms with Crippen LogP contribution in [0.5, 0.6) is 0 Å². The number of nitrogens with zero attached hydrogens (tertiary/aromatic N) is 2. The van der Waals surface area contributed by atoms with Gasteiger partial charge >= 0.3 is 5.97 Å². The van der Waals surface area contributed by atoms with Crippen LogP contribution in [-0.4, -0.2) is 40.6 Å². The topological polar surface area (TPSA) is 59.0 Å². The van der Waals surface area contributed by atoms with Crippen LogP contribution in [-0.2, 0) is 14.3 Å². The predicted octanol–water partition coefficient (Wildman–Crippen LogP) is 4.37. The minimum atomic E-state index is -0.560. The second-order valence-electron chi connectivity index (χ2n) is 6.47. The van der Waals surface area contributed by atoms with Gasteiger partial charge in [-0.1, -0.05) is 54.2 Å². The van der Waals surface area contributed by atoms with Crippen molar-refractivity contribution in [1.82, 2.24) is 4.90 Å². The Balaban J connectivity index is 1.94. The first-order chi connectivity index (χ1) is 14.1. The maximum atomic E-state index is 13.1. The number of amides is 1. The molecule has 29 heavy (non-hydrogen) atoms. The Morgan fingerprint density at radius 3 is 2.59 bits per heavy atom. The molecule has 4 rings (SSSR count). The molecule has 2 aromatic carbocycles. The minimum Gasteiger partial charge on any atom is -0.463 e. The summed E-state index contributed by atoms with van der Waals surface area (Å²) in [5, 5.41) is 0.626. The molecule has 0 radical (unpaired) electrons. The van der Waals surface area contributed by atoms with Crippen LogP contribution in [0.15, 0.2) is 70.1 Å². The van der Waals surface area contributed by atoms with Gasteiger partial charge in [-0.05, 0) is 30.9 Å². The molecular formula is C22H20N2O3S2. The van der Waals surface area contributed by atoms with Gasteiger partial charge in [0, 0.05) is 10.5 Å². The first-order valence-corrected chi connectivity index (χ1v) is 11.5. The van der Waals surface area contributed by atoms with Gasteiger partial charge in [-0.25, -0.2) is 9.79 Å². The molecule has 1 unspecified atom stereocenters. The van der Waals surface area contributed by atoms with E-state index in [0.29, 0.717) is 22.2 Å². The Morgan fingerprint density at radius 1 is 1.21 bits per heavy atom. The molecule has 0 N–H and O–H groups in total. The van der Waals surface area contributed by atoms with E-state index in [1.807, 2.05) is 60.9 Å². The summed E-state index contributed by atoms with van der Waals surface area (Å²) in [7, 11) is 0. The largest absolute Gasteiger partial charge is 0.463 e. The Labute approximate surface area is 178 Å². The number of amidine groups is 1. The maximum Gasteiger partial charge on any atom is 0.338 e. The second kappa shape index (κ2) is 8.47. The Hall–Kier alpha value is -2.51. The smallest absolute Gasteiger partial charge is 0.338 e. The lowest BCUT2D eigenvalue weighted by atomic mass is 9.92. The minimum absolute atomic E-state index is 0.0541. The molecule has 0 spiro atoms. The van der Waals surface area contributed by atoms with Crippen LogP contribution in [0.25, 0.3) is 5.70 Å². The fraction of sp³-hybridized carbons (Fsp3) is 0.227. The van der Waals surface area contributed by atoms with E-state index in [1.165, 1.54) is 11.8 Å². The van der Waals surface area contributed by atoms with E-state index in [-0.39, 0.29) is 12.5 Å². The van der Waals surface area contributed by atoms with Crippen LogP contribution < -0.4 is 0 Å². The number of ether oxygens (including phenoxy) is 1. The SMILES string of the molecule is CCOC(=O)C1=C(c2ccccc2)N=C2SCC(=O)N2C1c1ccc(SC)cc1. The van der Waals surface area contributed by atoms with Crippen LogP contribution in [0, 0.1) is 0 Å². The number of carbonyl (C=O) groups excluding carboxylic acids is 2. The molecule has 2 aromatic rings. The number of hydrogen-bond acceptors (Lipinski definition) is 6. The monoisotopic (exact) mass is 424 g/mol. The summed E-state index contributed by atoms with van der Waals surface area (Å²) in [6.07, 6.45) is 2.01. The average molecular weight is 425 g/mol. The van der Waals surface area contributed by atoms with Gasteiger partial charge < -0.3 is 4.74 Å². The van der Waals surface area contributed by atoms with Crippen LogP contribution in [0.3, 0.4) is 0 Å². The van der Waals surface area contributed by atoms with Crippen molar-refractivity contribution in [2.24, 2.45) is 4.99 Å². The van der Waals surface area contributed by atoms with E-state index in [0.717, 1.165) is 16.0 Å². The number of aliphatic imine (C=N–C) groups is 1. The fourth-order valence-electron chi connectivity index (χ4n) is 3.46. The third-order valence-corrected chi connectivity index (χ3v) is 6.45. The average Bonchev–Trinajstić information content (AvgIpc) is 3.14. The Bertz CT molecular complexity index is 1000. The van der Waals surface area contributed by atoms with Gasteiger partial charge in [0.15, 0.2) is 5.17 Å². The molecular weight excluding hydrogens is 404 g/mol. The second-order valence-corrected chi connectivity index (χ2v) is 8.29. The highest BCUT2D eigenvalue weighted by Gasteiger charge is 2.44. The molecule has 0 aliphatic carbocycles. The highest BCUT2D eigenvalue weighted by molar-refractivity contribution is 8.15. The zero-order chi connectivity index (χ0) is 20.4. The first kappa shape index (κ1) is 19.8. The van der Waals surface area contributed by atoms with Gasteiger partial charge in [-0.2, -0.15) is 0 Å². The van der Waals surface area contributed by atoms with Crippen molar-refractivity contribution in [3.63, 3.8) is 0 Å². The number of fused-ring (bicyclic) bond motifs is 1. The van der Waals surface area contributed by atoms with Crippen molar-refractivity contribution in [3.8, 4) is 0 Å². The standard InChI is InChI=1S/C22H20N2O3S2/c1-3-27-21(26)18-19(14-7-5-4-6-8-14)23-22-24(17(25)13-29-22)20(18)15-9-11-16(28-2)12-10-15/h4-12,20H,3,13H2,1-2H3. The van der Waals surface area contributed by atoms with Crippen LogP contribution in [0.1, 0.15) is 24.1 Å². The highest BCUT2D eigenvalue weighted by Crippen LogP contribution is 2.44. The Kier molecular flexibility index (Phi) is 5.78. The van der Waals surface area contributed by atoms with E-state index >= 15 is 0 Å². The van der Waals surface area contributed by atoms with E-state index < -0.39 is 12.0 Å². The lowest BCUT2D eigenvalue weighted by Gasteiger charge is -2.33. The molecule has 1 atom stereocenters. The summed E-state index contributed by atoms with van der Waals surface area (Å²) < 4.78 is 5.40. The predicted molar refractivity (Wildman–Crippen MR) is 118 cm³/mol. The lowest BCUT2D eigenvalue weighted by Crippen LogP contribution is -2.39. The summed E-state index contributed by atoms with van der Waals surface area (Å²) in [5.41, 5.74) is 2.65. The van der Waals surface area contributed by atoms with Crippen LogP contribution in [0.2, 0.25) is 0 Å². The number of carbonyl (C=O) groups is 2. The van der Waals surface area contributed by atoms with Crippen LogP contribution in [0.4, 0.5) is 0 Å². The summed E-state index contributed by atoms with van der Waals surface area (Å²) in [5.74, 6) is -0.185. The zero-order valence-electron chi connectivity index (χ0n) is 16.1. The van der Waals surface area contributed by atoms with E-state index in [9.17, 15) is 9.59 Å². The number of hydrogen-bond donors (Lipinski definition) is 0. The van der Waals surface area contributed by atoms with Crippen molar-refractivity contribution in [2.45, 2.75) is 17.9 Å². The number of rotatable bonds is 5.